The Balaban J connectivity index is 2.10. The Bertz CT molecular complexity index is 721. The van der Waals surface area contributed by atoms with Crippen LogP contribution in [0.1, 0.15) is 11.1 Å². The van der Waals surface area contributed by atoms with Crippen LogP contribution in [-0.2, 0) is 11.2 Å². The van der Waals surface area contributed by atoms with Crippen LogP contribution in [0, 0.1) is 28.8 Å². The largest absolute Gasteiger partial charge is 0.323 e. The van der Waals surface area contributed by atoms with Crippen molar-refractivity contribution in [2.45, 2.75) is 6.42 Å². The molecular formula is C15H9F3N2O. The van der Waals surface area contributed by atoms with E-state index in [9.17, 15) is 18.0 Å². The number of halogens is 3. The van der Waals surface area contributed by atoms with Crippen molar-refractivity contribution in [1.82, 2.24) is 0 Å². The normalized spacial score (nSPS) is 10.0. The number of nitriles is 1. The highest BCUT2D eigenvalue weighted by molar-refractivity contribution is 5.92. The van der Waals surface area contributed by atoms with Crippen LogP contribution in [0.2, 0.25) is 0 Å². The summed E-state index contributed by atoms with van der Waals surface area (Å²) in [5.74, 6) is -4.29. The van der Waals surface area contributed by atoms with Crippen LogP contribution in [0.3, 0.4) is 0 Å². The van der Waals surface area contributed by atoms with E-state index in [1.807, 2.05) is 6.07 Å². The Kier molecular flexibility index (Phi) is 4.24. The summed E-state index contributed by atoms with van der Waals surface area (Å²) in [4.78, 5) is 11.7. The van der Waals surface area contributed by atoms with E-state index in [4.69, 9.17) is 5.26 Å². The van der Waals surface area contributed by atoms with Crippen LogP contribution in [0.5, 0.6) is 0 Å². The summed E-state index contributed by atoms with van der Waals surface area (Å²) in [6.07, 6.45) is -0.108. The molecule has 0 unspecified atom stereocenters. The van der Waals surface area contributed by atoms with Gasteiger partial charge in [0.05, 0.1) is 23.7 Å². The van der Waals surface area contributed by atoms with E-state index in [-0.39, 0.29) is 6.42 Å². The molecule has 0 bridgehead atoms. The second-order valence-electron chi connectivity index (χ2n) is 4.28. The number of benzene rings is 2. The van der Waals surface area contributed by atoms with Crippen LogP contribution in [0.15, 0.2) is 36.4 Å². The topological polar surface area (TPSA) is 52.9 Å². The third kappa shape index (κ3) is 3.60. The summed E-state index contributed by atoms with van der Waals surface area (Å²) in [6, 6.07) is 9.24. The van der Waals surface area contributed by atoms with E-state index in [0.717, 1.165) is 0 Å². The van der Waals surface area contributed by atoms with Crippen molar-refractivity contribution in [1.29, 1.82) is 5.26 Å². The van der Waals surface area contributed by atoms with E-state index in [1.165, 1.54) is 12.1 Å². The van der Waals surface area contributed by atoms with E-state index >= 15 is 0 Å². The molecule has 0 saturated heterocycles. The van der Waals surface area contributed by atoms with Crippen molar-refractivity contribution < 1.29 is 18.0 Å². The predicted octanol–water partition coefficient (Wildman–Crippen LogP) is 3.16. The summed E-state index contributed by atoms with van der Waals surface area (Å²) in [6.45, 7) is 0. The molecule has 0 fully saturated rings. The fourth-order valence-electron chi connectivity index (χ4n) is 1.72. The second-order valence-corrected chi connectivity index (χ2v) is 4.28. The van der Waals surface area contributed by atoms with Crippen molar-refractivity contribution in [3.05, 3.63) is 65.0 Å². The van der Waals surface area contributed by atoms with Gasteiger partial charge in [0.25, 0.3) is 0 Å². The Hall–Kier alpha value is -2.81. The van der Waals surface area contributed by atoms with Gasteiger partial charge in [-0.3, -0.25) is 4.79 Å². The zero-order valence-electron chi connectivity index (χ0n) is 10.7. The van der Waals surface area contributed by atoms with Crippen LogP contribution >= 0.6 is 0 Å². The molecule has 0 aliphatic heterocycles. The summed E-state index contributed by atoms with van der Waals surface area (Å²) in [7, 11) is 0. The minimum Gasteiger partial charge on any atom is -0.323 e. The third-order valence-corrected chi connectivity index (χ3v) is 2.71. The molecule has 1 N–H and O–H groups in total. The highest BCUT2D eigenvalue weighted by atomic mass is 19.2. The SMILES string of the molecule is N#Cc1ccc(CC(=O)Nc2cc(F)cc(F)c2F)cc1. The van der Waals surface area contributed by atoms with E-state index in [2.05, 4.69) is 5.32 Å². The van der Waals surface area contributed by atoms with E-state index in [1.54, 1.807) is 12.1 Å². The fraction of sp³-hybridized carbons (Fsp3) is 0.0667. The van der Waals surface area contributed by atoms with Crippen molar-refractivity contribution in [3.63, 3.8) is 0 Å². The molecule has 0 aliphatic rings. The molecule has 0 heterocycles. The standard InChI is InChI=1S/C15H9F3N2O/c16-11-6-12(17)15(18)13(7-11)20-14(21)5-9-1-3-10(8-19)4-2-9/h1-4,6-7H,5H2,(H,20,21). The van der Waals surface area contributed by atoms with Gasteiger partial charge < -0.3 is 5.32 Å². The van der Waals surface area contributed by atoms with Crippen molar-refractivity contribution in [2.24, 2.45) is 0 Å². The van der Waals surface area contributed by atoms with Crippen molar-refractivity contribution in [2.75, 3.05) is 5.32 Å². The molecule has 2 aromatic rings. The molecule has 0 atom stereocenters. The minimum absolute atomic E-state index is 0.108. The number of amides is 1. The second kappa shape index (κ2) is 6.09. The lowest BCUT2D eigenvalue weighted by Crippen LogP contribution is -2.16. The average Bonchev–Trinajstić information content (AvgIpc) is 2.45. The molecule has 0 spiro atoms. The number of carbonyl (C=O) groups excluding carboxylic acids is 1. The summed E-state index contributed by atoms with van der Waals surface area (Å²) in [5.41, 5.74) is 0.479. The number of anilines is 1. The number of hydrogen-bond donors (Lipinski definition) is 1. The maximum absolute atomic E-state index is 13.4. The zero-order chi connectivity index (χ0) is 15.4. The molecule has 0 aliphatic carbocycles. The molecule has 106 valence electrons. The van der Waals surface area contributed by atoms with Crippen LogP contribution < -0.4 is 5.32 Å². The number of rotatable bonds is 3. The Morgan fingerprint density at radius 1 is 1.14 bits per heavy atom. The first-order chi connectivity index (χ1) is 9.99. The molecule has 6 heteroatoms. The highest BCUT2D eigenvalue weighted by Gasteiger charge is 2.13. The van der Waals surface area contributed by atoms with Gasteiger partial charge in [0.2, 0.25) is 5.91 Å². The maximum Gasteiger partial charge on any atom is 0.228 e. The summed E-state index contributed by atoms with van der Waals surface area (Å²) < 4.78 is 39.4. The lowest BCUT2D eigenvalue weighted by atomic mass is 10.1. The molecule has 0 aromatic heterocycles. The third-order valence-electron chi connectivity index (χ3n) is 2.71. The molecule has 21 heavy (non-hydrogen) atoms. The minimum atomic E-state index is -1.37. The van der Waals surface area contributed by atoms with Gasteiger partial charge in [0.1, 0.15) is 5.82 Å². The van der Waals surface area contributed by atoms with E-state index in [0.29, 0.717) is 23.3 Å². The zero-order valence-corrected chi connectivity index (χ0v) is 10.7. The number of hydrogen-bond acceptors (Lipinski definition) is 2. The Labute approximate surface area is 118 Å². The van der Waals surface area contributed by atoms with Gasteiger partial charge in [0.15, 0.2) is 11.6 Å². The lowest BCUT2D eigenvalue weighted by Gasteiger charge is -2.07. The quantitative estimate of drug-likeness (QED) is 0.883. The number of carbonyl (C=O) groups is 1. The Morgan fingerprint density at radius 3 is 2.43 bits per heavy atom. The van der Waals surface area contributed by atoms with E-state index < -0.39 is 29.0 Å². The van der Waals surface area contributed by atoms with Crippen LogP contribution in [-0.4, -0.2) is 5.91 Å². The molecule has 2 rings (SSSR count). The number of nitrogens with one attached hydrogen (secondary N) is 1. The van der Waals surface area contributed by atoms with Gasteiger partial charge in [-0.25, -0.2) is 13.2 Å². The van der Waals surface area contributed by atoms with Crippen LogP contribution in [0.4, 0.5) is 18.9 Å². The lowest BCUT2D eigenvalue weighted by molar-refractivity contribution is -0.115. The molecule has 0 saturated carbocycles. The molecule has 2 aromatic carbocycles. The van der Waals surface area contributed by atoms with Crippen molar-refractivity contribution in [3.8, 4) is 6.07 Å². The first-order valence-electron chi connectivity index (χ1n) is 5.93. The van der Waals surface area contributed by atoms with Gasteiger partial charge in [-0.05, 0) is 17.7 Å². The van der Waals surface area contributed by atoms with Gasteiger partial charge in [-0.15, -0.1) is 0 Å². The molecule has 3 nitrogen and oxygen atoms in total. The molecule has 1 amide bonds. The summed E-state index contributed by atoms with van der Waals surface area (Å²) in [5, 5.41) is 10.8. The van der Waals surface area contributed by atoms with Gasteiger partial charge in [-0.2, -0.15) is 5.26 Å². The maximum atomic E-state index is 13.4. The van der Waals surface area contributed by atoms with Gasteiger partial charge in [-0.1, -0.05) is 12.1 Å². The molecule has 0 radical (unpaired) electrons. The molecular weight excluding hydrogens is 281 g/mol. The summed E-state index contributed by atoms with van der Waals surface area (Å²) >= 11 is 0. The van der Waals surface area contributed by atoms with Gasteiger partial charge in [0, 0.05) is 12.1 Å². The predicted molar refractivity (Wildman–Crippen MR) is 69.8 cm³/mol. The smallest absolute Gasteiger partial charge is 0.228 e. The highest BCUT2D eigenvalue weighted by Crippen LogP contribution is 2.19. The average molecular weight is 290 g/mol. The first kappa shape index (κ1) is 14.6. The number of nitrogens with zero attached hydrogens (tertiary/aromatic N) is 1. The van der Waals surface area contributed by atoms with Crippen LogP contribution in [0.25, 0.3) is 0 Å². The van der Waals surface area contributed by atoms with Gasteiger partial charge >= 0.3 is 0 Å². The fourth-order valence-corrected chi connectivity index (χ4v) is 1.72. The monoisotopic (exact) mass is 290 g/mol. The Morgan fingerprint density at radius 2 is 1.81 bits per heavy atom. The van der Waals surface area contributed by atoms with Crippen molar-refractivity contribution >= 4 is 11.6 Å². The first-order valence-corrected chi connectivity index (χ1v) is 5.93.